The van der Waals surface area contributed by atoms with E-state index in [1.54, 1.807) is 12.1 Å². The van der Waals surface area contributed by atoms with Crippen LogP contribution in [0.15, 0.2) is 12.1 Å². The van der Waals surface area contributed by atoms with E-state index in [9.17, 15) is 9.59 Å². The molecule has 3 amide bonds. The monoisotopic (exact) mass is 329 g/mol. The van der Waals surface area contributed by atoms with Crippen LogP contribution in [-0.4, -0.2) is 25.0 Å². The Labute approximate surface area is 133 Å². The Morgan fingerprint density at radius 2 is 1.90 bits per heavy atom. The molecule has 0 bridgehead atoms. The van der Waals surface area contributed by atoms with Crippen molar-refractivity contribution in [1.29, 1.82) is 0 Å². The molecule has 0 radical (unpaired) electrons. The van der Waals surface area contributed by atoms with Crippen LogP contribution in [0.1, 0.15) is 18.4 Å². The summed E-state index contributed by atoms with van der Waals surface area (Å²) < 4.78 is 0. The van der Waals surface area contributed by atoms with Crippen LogP contribution in [0.2, 0.25) is 10.0 Å². The number of carbonyl (C=O) groups excluding carboxylic acids is 2. The van der Waals surface area contributed by atoms with E-state index in [1.165, 1.54) is 12.8 Å². The van der Waals surface area contributed by atoms with Gasteiger partial charge in [0.2, 0.25) is 5.91 Å². The molecule has 1 aromatic carbocycles. The number of hydrogen-bond acceptors (Lipinski definition) is 2. The lowest BCUT2D eigenvalue weighted by atomic mass is 10.2. The van der Waals surface area contributed by atoms with E-state index in [-0.39, 0.29) is 12.5 Å². The average molecular weight is 330 g/mol. The van der Waals surface area contributed by atoms with Crippen molar-refractivity contribution in [3.05, 3.63) is 27.7 Å². The summed E-state index contributed by atoms with van der Waals surface area (Å²) in [6.07, 6.45) is 2.34. The normalized spacial score (nSPS) is 13.7. The van der Waals surface area contributed by atoms with Gasteiger partial charge in [-0.3, -0.25) is 4.79 Å². The number of nitrogens with one attached hydrogen (secondary N) is 3. The SMILES string of the molecule is Cc1cc(Cl)c(NC(=O)NCC(=O)NCC2CC2)cc1Cl. The minimum absolute atomic E-state index is 0.0736. The van der Waals surface area contributed by atoms with Crippen molar-refractivity contribution in [2.24, 2.45) is 5.92 Å². The summed E-state index contributed by atoms with van der Waals surface area (Å²) in [7, 11) is 0. The molecule has 21 heavy (non-hydrogen) atoms. The second-order valence-corrected chi connectivity index (χ2v) is 5.95. The van der Waals surface area contributed by atoms with Crippen LogP contribution in [0.25, 0.3) is 0 Å². The highest BCUT2D eigenvalue weighted by atomic mass is 35.5. The van der Waals surface area contributed by atoms with Gasteiger partial charge in [0, 0.05) is 11.6 Å². The smallest absolute Gasteiger partial charge is 0.319 e. The molecule has 0 spiro atoms. The Morgan fingerprint density at radius 1 is 1.19 bits per heavy atom. The number of hydrogen-bond donors (Lipinski definition) is 3. The molecular weight excluding hydrogens is 313 g/mol. The number of aryl methyl sites for hydroxylation is 1. The molecule has 3 N–H and O–H groups in total. The van der Waals surface area contributed by atoms with Crippen molar-refractivity contribution in [1.82, 2.24) is 10.6 Å². The van der Waals surface area contributed by atoms with E-state index in [0.29, 0.717) is 28.2 Å². The van der Waals surface area contributed by atoms with Crippen molar-refractivity contribution in [3.63, 3.8) is 0 Å². The van der Waals surface area contributed by atoms with E-state index >= 15 is 0 Å². The highest BCUT2D eigenvalue weighted by Crippen LogP contribution is 2.28. The highest BCUT2D eigenvalue weighted by Gasteiger charge is 2.21. The molecule has 0 saturated heterocycles. The maximum Gasteiger partial charge on any atom is 0.319 e. The van der Waals surface area contributed by atoms with Gasteiger partial charge in [-0.2, -0.15) is 0 Å². The maximum absolute atomic E-state index is 11.7. The standard InChI is InChI=1S/C14H17Cl2N3O2/c1-8-4-11(16)12(5-10(8)15)19-14(21)18-7-13(20)17-6-9-2-3-9/h4-5,9H,2-3,6-7H2,1H3,(H,17,20)(H2,18,19,21). The number of carbonyl (C=O) groups is 2. The molecule has 1 aliphatic carbocycles. The molecule has 1 fully saturated rings. The molecule has 1 aliphatic rings. The first-order valence-electron chi connectivity index (χ1n) is 6.73. The Morgan fingerprint density at radius 3 is 2.57 bits per heavy atom. The molecule has 5 nitrogen and oxygen atoms in total. The fourth-order valence-electron chi connectivity index (χ4n) is 1.71. The van der Waals surface area contributed by atoms with Crippen LogP contribution in [0, 0.1) is 12.8 Å². The molecule has 2 rings (SSSR count). The number of benzene rings is 1. The highest BCUT2D eigenvalue weighted by molar-refractivity contribution is 6.36. The third kappa shape index (κ3) is 5.10. The fraction of sp³-hybridized carbons (Fsp3) is 0.429. The maximum atomic E-state index is 11.7. The zero-order chi connectivity index (χ0) is 15.4. The van der Waals surface area contributed by atoms with E-state index in [0.717, 1.165) is 5.56 Å². The molecule has 1 saturated carbocycles. The molecule has 0 aromatic heterocycles. The first kappa shape index (κ1) is 15.9. The van der Waals surface area contributed by atoms with Crippen LogP contribution in [0.3, 0.4) is 0 Å². The Bertz CT molecular complexity index is 559. The fourth-order valence-corrected chi connectivity index (χ4v) is 2.14. The van der Waals surface area contributed by atoms with Crippen LogP contribution >= 0.6 is 23.2 Å². The lowest BCUT2D eigenvalue weighted by molar-refractivity contribution is -0.120. The van der Waals surface area contributed by atoms with E-state index in [4.69, 9.17) is 23.2 Å². The molecule has 0 heterocycles. The molecule has 7 heteroatoms. The van der Waals surface area contributed by atoms with Gasteiger partial charge >= 0.3 is 6.03 Å². The molecule has 0 atom stereocenters. The van der Waals surface area contributed by atoms with Gasteiger partial charge < -0.3 is 16.0 Å². The van der Waals surface area contributed by atoms with Gasteiger partial charge in [0.05, 0.1) is 17.3 Å². The summed E-state index contributed by atoms with van der Waals surface area (Å²) in [6, 6.07) is 2.74. The summed E-state index contributed by atoms with van der Waals surface area (Å²) >= 11 is 12.0. The van der Waals surface area contributed by atoms with Crippen molar-refractivity contribution < 1.29 is 9.59 Å². The lowest BCUT2D eigenvalue weighted by Gasteiger charge is -2.10. The van der Waals surface area contributed by atoms with E-state index in [1.807, 2.05) is 6.92 Å². The number of rotatable bonds is 5. The van der Waals surface area contributed by atoms with Crippen molar-refractivity contribution >= 4 is 40.8 Å². The number of anilines is 1. The first-order chi connectivity index (χ1) is 9.95. The minimum Gasteiger partial charge on any atom is -0.354 e. The van der Waals surface area contributed by atoms with Crippen LogP contribution < -0.4 is 16.0 Å². The number of amides is 3. The lowest BCUT2D eigenvalue weighted by Crippen LogP contribution is -2.39. The van der Waals surface area contributed by atoms with Gasteiger partial charge in [0.1, 0.15) is 0 Å². The van der Waals surface area contributed by atoms with Crippen LogP contribution in [0.5, 0.6) is 0 Å². The zero-order valence-corrected chi connectivity index (χ0v) is 13.1. The summed E-state index contributed by atoms with van der Waals surface area (Å²) in [6.45, 7) is 2.43. The first-order valence-corrected chi connectivity index (χ1v) is 7.48. The minimum atomic E-state index is -0.501. The number of halogens is 2. The quantitative estimate of drug-likeness (QED) is 0.777. The van der Waals surface area contributed by atoms with Crippen molar-refractivity contribution in [2.75, 3.05) is 18.4 Å². The average Bonchev–Trinajstić information content (AvgIpc) is 3.24. The topological polar surface area (TPSA) is 70.2 Å². The van der Waals surface area contributed by atoms with Crippen LogP contribution in [0.4, 0.5) is 10.5 Å². The number of urea groups is 1. The molecule has 0 unspecified atom stereocenters. The summed E-state index contributed by atoms with van der Waals surface area (Å²) in [5, 5.41) is 8.70. The largest absolute Gasteiger partial charge is 0.354 e. The van der Waals surface area contributed by atoms with Gasteiger partial charge in [-0.1, -0.05) is 23.2 Å². The zero-order valence-electron chi connectivity index (χ0n) is 11.6. The van der Waals surface area contributed by atoms with E-state index < -0.39 is 6.03 Å². The Balaban J connectivity index is 1.78. The predicted molar refractivity (Wildman–Crippen MR) is 84.0 cm³/mol. The van der Waals surface area contributed by atoms with Gasteiger partial charge in [-0.25, -0.2) is 4.79 Å². The van der Waals surface area contributed by atoms with E-state index in [2.05, 4.69) is 16.0 Å². The summed E-state index contributed by atoms with van der Waals surface area (Å²) in [5.41, 5.74) is 1.23. The molecule has 1 aromatic rings. The Hall–Kier alpha value is -1.46. The van der Waals surface area contributed by atoms with Gasteiger partial charge in [-0.15, -0.1) is 0 Å². The van der Waals surface area contributed by atoms with Gasteiger partial charge in [-0.05, 0) is 43.4 Å². The second-order valence-electron chi connectivity index (χ2n) is 5.14. The predicted octanol–water partition coefficient (Wildman–Crippen LogP) is 2.95. The second kappa shape index (κ2) is 7.00. The molecular formula is C14H17Cl2N3O2. The van der Waals surface area contributed by atoms with Crippen LogP contribution in [-0.2, 0) is 4.79 Å². The summed E-state index contributed by atoms with van der Waals surface area (Å²) in [4.78, 5) is 23.2. The van der Waals surface area contributed by atoms with Crippen molar-refractivity contribution in [2.45, 2.75) is 19.8 Å². The molecule has 114 valence electrons. The third-order valence-electron chi connectivity index (χ3n) is 3.19. The molecule has 0 aliphatic heterocycles. The third-order valence-corrected chi connectivity index (χ3v) is 3.91. The van der Waals surface area contributed by atoms with Gasteiger partial charge in [0.15, 0.2) is 0 Å². The van der Waals surface area contributed by atoms with Crippen molar-refractivity contribution in [3.8, 4) is 0 Å². The summed E-state index contributed by atoms with van der Waals surface area (Å²) in [5.74, 6) is 0.404. The van der Waals surface area contributed by atoms with Gasteiger partial charge in [0.25, 0.3) is 0 Å². The Kier molecular flexibility index (Phi) is 5.31.